The Kier molecular flexibility index (Phi) is 6.98. The Bertz CT molecular complexity index is 62.3. The van der Waals surface area contributed by atoms with Gasteiger partial charge in [-0.15, -0.1) is 0 Å². The molecule has 0 aromatic rings. The van der Waals surface area contributed by atoms with E-state index in [2.05, 4.69) is 13.8 Å². The minimum atomic E-state index is 0.639. The van der Waals surface area contributed by atoms with Crippen molar-refractivity contribution in [3.05, 3.63) is 0 Å². The summed E-state index contributed by atoms with van der Waals surface area (Å²) in [4.78, 5) is 0. The van der Waals surface area contributed by atoms with Gasteiger partial charge in [-0.2, -0.15) is 0 Å². The van der Waals surface area contributed by atoms with Crippen molar-refractivity contribution < 1.29 is 4.74 Å². The van der Waals surface area contributed by atoms with Crippen molar-refractivity contribution in [3.63, 3.8) is 0 Å². The van der Waals surface area contributed by atoms with Crippen LogP contribution in [-0.4, -0.2) is 19.8 Å². The van der Waals surface area contributed by atoms with Crippen molar-refractivity contribution in [3.8, 4) is 0 Å². The van der Waals surface area contributed by atoms with Gasteiger partial charge in [0.25, 0.3) is 0 Å². The molecular weight excluding hydrogens is 126 g/mol. The zero-order valence-corrected chi connectivity index (χ0v) is 7.10. The Morgan fingerprint density at radius 3 is 2.30 bits per heavy atom. The van der Waals surface area contributed by atoms with E-state index in [9.17, 15) is 0 Å². The number of hydrogen-bond donors (Lipinski definition) is 1. The summed E-state index contributed by atoms with van der Waals surface area (Å²) < 4.78 is 5.30. The molecule has 2 heteroatoms. The minimum absolute atomic E-state index is 0.639. The molecule has 0 saturated heterocycles. The molecule has 0 rings (SSSR count). The summed E-state index contributed by atoms with van der Waals surface area (Å²) in [6.07, 6.45) is 2.42. The van der Waals surface area contributed by atoms with Crippen molar-refractivity contribution in [1.82, 2.24) is 0 Å². The lowest BCUT2D eigenvalue weighted by Crippen LogP contribution is -2.13. The number of nitrogens with two attached hydrogens (primary N) is 1. The molecule has 10 heavy (non-hydrogen) atoms. The number of rotatable bonds is 6. The Morgan fingerprint density at radius 2 is 1.90 bits per heavy atom. The highest BCUT2D eigenvalue weighted by Gasteiger charge is 2.01. The average Bonchev–Trinajstić information content (AvgIpc) is 1.99. The third kappa shape index (κ3) is 4.77. The molecular formula is C8H19NO. The van der Waals surface area contributed by atoms with E-state index >= 15 is 0 Å². The fourth-order valence-corrected chi connectivity index (χ4v) is 0.858. The molecule has 0 atom stereocenters. The molecule has 0 aromatic heterocycles. The largest absolute Gasteiger partial charge is 0.380 e. The van der Waals surface area contributed by atoms with Gasteiger partial charge in [0.05, 0.1) is 6.61 Å². The minimum Gasteiger partial charge on any atom is -0.380 e. The molecule has 0 aliphatic carbocycles. The van der Waals surface area contributed by atoms with Crippen LogP contribution >= 0.6 is 0 Å². The third-order valence-electron chi connectivity index (χ3n) is 1.77. The van der Waals surface area contributed by atoms with Gasteiger partial charge in [-0.3, -0.25) is 0 Å². The summed E-state index contributed by atoms with van der Waals surface area (Å²) in [6, 6.07) is 0. The molecule has 62 valence electrons. The van der Waals surface area contributed by atoms with Gasteiger partial charge in [0.2, 0.25) is 0 Å². The normalized spacial score (nSPS) is 10.8. The third-order valence-corrected chi connectivity index (χ3v) is 1.77. The molecule has 0 radical (unpaired) electrons. The Labute approximate surface area is 63.7 Å². The molecule has 0 amide bonds. The first-order valence-electron chi connectivity index (χ1n) is 4.12. The van der Waals surface area contributed by atoms with Crippen LogP contribution in [0.1, 0.15) is 26.7 Å². The van der Waals surface area contributed by atoms with Gasteiger partial charge in [0.1, 0.15) is 0 Å². The van der Waals surface area contributed by atoms with E-state index in [4.69, 9.17) is 10.5 Å². The summed E-state index contributed by atoms with van der Waals surface area (Å²) in [5, 5.41) is 0. The SMILES string of the molecule is CCC(CC)COCCN. The molecule has 0 heterocycles. The second kappa shape index (κ2) is 7.03. The lowest BCUT2D eigenvalue weighted by molar-refractivity contribution is 0.102. The Hall–Kier alpha value is -0.0800. The predicted octanol–water partition coefficient (Wildman–Crippen LogP) is 1.40. The maximum Gasteiger partial charge on any atom is 0.0588 e. The summed E-state index contributed by atoms with van der Waals surface area (Å²) in [5.74, 6) is 0.728. The fourth-order valence-electron chi connectivity index (χ4n) is 0.858. The van der Waals surface area contributed by atoms with Crippen LogP contribution in [0.4, 0.5) is 0 Å². The van der Waals surface area contributed by atoms with Crippen molar-refractivity contribution in [2.45, 2.75) is 26.7 Å². The van der Waals surface area contributed by atoms with E-state index in [1.165, 1.54) is 12.8 Å². The van der Waals surface area contributed by atoms with Gasteiger partial charge in [-0.1, -0.05) is 26.7 Å². The average molecular weight is 145 g/mol. The molecule has 2 N–H and O–H groups in total. The quantitative estimate of drug-likeness (QED) is 0.573. The van der Waals surface area contributed by atoms with Gasteiger partial charge in [0.15, 0.2) is 0 Å². The van der Waals surface area contributed by atoms with E-state index in [0.717, 1.165) is 12.5 Å². The van der Waals surface area contributed by atoms with Gasteiger partial charge in [0, 0.05) is 13.2 Å². The summed E-state index contributed by atoms with van der Waals surface area (Å²) >= 11 is 0. The molecule has 0 aliphatic rings. The van der Waals surface area contributed by atoms with Crippen molar-refractivity contribution in [2.24, 2.45) is 11.7 Å². The second-order valence-corrected chi connectivity index (χ2v) is 2.55. The molecule has 0 aliphatic heterocycles. The zero-order valence-electron chi connectivity index (χ0n) is 7.10. The number of ether oxygens (including phenoxy) is 1. The second-order valence-electron chi connectivity index (χ2n) is 2.55. The molecule has 0 bridgehead atoms. The summed E-state index contributed by atoms with van der Waals surface area (Å²) in [6.45, 7) is 6.61. The highest BCUT2D eigenvalue weighted by atomic mass is 16.5. The van der Waals surface area contributed by atoms with Gasteiger partial charge in [-0.25, -0.2) is 0 Å². The van der Waals surface area contributed by atoms with Crippen LogP contribution in [0.3, 0.4) is 0 Å². The fraction of sp³-hybridized carbons (Fsp3) is 1.00. The van der Waals surface area contributed by atoms with Crippen LogP contribution in [0.25, 0.3) is 0 Å². The monoisotopic (exact) mass is 145 g/mol. The molecule has 0 fully saturated rings. The molecule has 0 unspecified atom stereocenters. The number of hydrogen-bond acceptors (Lipinski definition) is 2. The molecule has 0 saturated carbocycles. The van der Waals surface area contributed by atoms with Crippen LogP contribution < -0.4 is 5.73 Å². The van der Waals surface area contributed by atoms with Crippen LogP contribution in [0.2, 0.25) is 0 Å². The van der Waals surface area contributed by atoms with E-state index in [0.29, 0.717) is 13.2 Å². The summed E-state index contributed by atoms with van der Waals surface area (Å²) in [7, 11) is 0. The lowest BCUT2D eigenvalue weighted by atomic mass is 10.1. The first-order chi connectivity index (χ1) is 4.85. The molecule has 0 aromatic carbocycles. The van der Waals surface area contributed by atoms with Crippen molar-refractivity contribution in [2.75, 3.05) is 19.8 Å². The van der Waals surface area contributed by atoms with Gasteiger partial charge in [-0.05, 0) is 5.92 Å². The van der Waals surface area contributed by atoms with Gasteiger partial charge < -0.3 is 10.5 Å². The Morgan fingerprint density at radius 1 is 1.30 bits per heavy atom. The Balaban J connectivity index is 3.09. The topological polar surface area (TPSA) is 35.2 Å². The van der Waals surface area contributed by atoms with Crippen LogP contribution in [0.15, 0.2) is 0 Å². The van der Waals surface area contributed by atoms with E-state index in [1.54, 1.807) is 0 Å². The first kappa shape index (κ1) is 9.92. The van der Waals surface area contributed by atoms with Crippen LogP contribution in [0.5, 0.6) is 0 Å². The standard InChI is InChI=1S/C8H19NO/c1-3-8(4-2)7-10-6-5-9/h8H,3-7,9H2,1-2H3. The maximum atomic E-state index is 5.30. The van der Waals surface area contributed by atoms with E-state index in [1.807, 2.05) is 0 Å². The zero-order chi connectivity index (χ0) is 7.82. The molecule has 2 nitrogen and oxygen atoms in total. The van der Waals surface area contributed by atoms with Crippen LogP contribution in [-0.2, 0) is 4.74 Å². The summed E-state index contributed by atoms with van der Waals surface area (Å²) in [5.41, 5.74) is 5.27. The first-order valence-corrected chi connectivity index (χ1v) is 4.12. The molecule has 0 spiro atoms. The highest BCUT2D eigenvalue weighted by molar-refractivity contribution is 4.51. The maximum absolute atomic E-state index is 5.30. The van der Waals surface area contributed by atoms with Crippen LogP contribution in [0, 0.1) is 5.92 Å². The lowest BCUT2D eigenvalue weighted by Gasteiger charge is -2.11. The smallest absolute Gasteiger partial charge is 0.0588 e. The van der Waals surface area contributed by atoms with E-state index in [-0.39, 0.29) is 0 Å². The van der Waals surface area contributed by atoms with E-state index < -0.39 is 0 Å². The van der Waals surface area contributed by atoms with Gasteiger partial charge >= 0.3 is 0 Å². The van der Waals surface area contributed by atoms with Crippen molar-refractivity contribution in [1.29, 1.82) is 0 Å². The predicted molar refractivity (Wildman–Crippen MR) is 43.9 cm³/mol. The highest BCUT2D eigenvalue weighted by Crippen LogP contribution is 2.06. The van der Waals surface area contributed by atoms with Crippen molar-refractivity contribution >= 4 is 0 Å².